The van der Waals surface area contributed by atoms with Gasteiger partial charge in [0.1, 0.15) is 0 Å². The quantitative estimate of drug-likeness (QED) is 0.784. The molecule has 0 amide bonds. The van der Waals surface area contributed by atoms with Gasteiger partial charge in [-0.1, -0.05) is 15.9 Å². The summed E-state index contributed by atoms with van der Waals surface area (Å²) in [7, 11) is 0. The second-order valence-corrected chi connectivity index (χ2v) is 5.53. The van der Waals surface area contributed by atoms with Gasteiger partial charge in [0.2, 0.25) is 0 Å². The first-order chi connectivity index (χ1) is 7.34. The molecule has 1 aromatic carbocycles. The van der Waals surface area contributed by atoms with Crippen LogP contribution < -0.4 is 4.90 Å². The Labute approximate surface area is 99.6 Å². The smallest absolute Gasteiger partial charge is 0.0369 e. The summed E-state index contributed by atoms with van der Waals surface area (Å²) in [6.07, 6.45) is 5.47. The third-order valence-corrected chi connectivity index (χ3v) is 4.19. The Morgan fingerprint density at radius 1 is 1.13 bits per heavy atom. The Bertz CT molecular complexity index is 365. The second kappa shape index (κ2) is 3.82. The van der Waals surface area contributed by atoms with E-state index in [1.54, 1.807) is 0 Å². The molecule has 0 spiro atoms. The predicted octanol–water partition coefficient (Wildman–Crippen LogP) is 3.93. The van der Waals surface area contributed by atoms with E-state index in [-0.39, 0.29) is 0 Å². The lowest BCUT2D eigenvalue weighted by Gasteiger charge is -2.19. The van der Waals surface area contributed by atoms with Crippen LogP contribution in [0, 0.1) is 0 Å². The minimum Gasteiger partial charge on any atom is -0.372 e. The van der Waals surface area contributed by atoms with E-state index in [0.29, 0.717) is 0 Å². The van der Waals surface area contributed by atoms with Crippen LogP contribution in [0.2, 0.25) is 0 Å². The molecule has 0 N–H and O–H groups in total. The molecule has 1 heterocycles. The first-order valence-corrected chi connectivity index (χ1v) is 6.68. The van der Waals surface area contributed by atoms with E-state index in [0.717, 1.165) is 5.92 Å². The molecule has 0 aromatic heterocycles. The highest BCUT2D eigenvalue weighted by Crippen LogP contribution is 2.44. The maximum atomic E-state index is 3.66. The zero-order valence-corrected chi connectivity index (χ0v) is 10.5. The minimum atomic E-state index is 0.835. The Morgan fingerprint density at radius 3 is 2.53 bits per heavy atom. The van der Waals surface area contributed by atoms with Gasteiger partial charge in [-0.05, 0) is 55.4 Å². The molecule has 1 saturated heterocycles. The molecule has 3 rings (SSSR count). The minimum absolute atomic E-state index is 0.835. The predicted molar refractivity (Wildman–Crippen MR) is 67.6 cm³/mol. The van der Waals surface area contributed by atoms with Gasteiger partial charge in [0.15, 0.2) is 0 Å². The lowest BCUT2D eigenvalue weighted by Crippen LogP contribution is -2.17. The van der Waals surface area contributed by atoms with Crippen LogP contribution in [0.25, 0.3) is 0 Å². The van der Waals surface area contributed by atoms with Gasteiger partial charge >= 0.3 is 0 Å². The van der Waals surface area contributed by atoms with Crippen LogP contribution in [0.3, 0.4) is 0 Å². The van der Waals surface area contributed by atoms with Crippen molar-refractivity contribution >= 4 is 21.6 Å². The summed E-state index contributed by atoms with van der Waals surface area (Å²) >= 11 is 3.66. The fourth-order valence-electron chi connectivity index (χ4n) is 2.41. The Balaban J connectivity index is 1.91. The molecule has 15 heavy (non-hydrogen) atoms. The molecule has 2 aliphatic rings. The third-order valence-electron chi connectivity index (χ3n) is 3.47. The summed E-state index contributed by atoms with van der Waals surface area (Å²) in [5.74, 6) is 0.835. The number of benzene rings is 1. The van der Waals surface area contributed by atoms with Crippen LogP contribution in [0.5, 0.6) is 0 Å². The van der Waals surface area contributed by atoms with Gasteiger partial charge in [-0.3, -0.25) is 0 Å². The summed E-state index contributed by atoms with van der Waals surface area (Å²) in [6.45, 7) is 2.48. The van der Waals surface area contributed by atoms with Crippen LogP contribution in [0.1, 0.15) is 37.2 Å². The summed E-state index contributed by atoms with van der Waals surface area (Å²) in [5, 5.41) is 0. The van der Waals surface area contributed by atoms with E-state index in [9.17, 15) is 0 Å². The van der Waals surface area contributed by atoms with Gasteiger partial charge in [0.05, 0.1) is 0 Å². The van der Waals surface area contributed by atoms with Crippen LogP contribution >= 0.6 is 15.9 Å². The Morgan fingerprint density at radius 2 is 1.87 bits per heavy atom. The summed E-state index contributed by atoms with van der Waals surface area (Å²) in [5.41, 5.74) is 2.96. The maximum absolute atomic E-state index is 3.66. The van der Waals surface area contributed by atoms with E-state index in [1.165, 1.54) is 54.5 Å². The summed E-state index contributed by atoms with van der Waals surface area (Å²) in [4.78, 5) is 2.51. The molecule has 1 aliphatic carbocycles. The Hall–Kier alpha value is -0.500. The number of halogens is 1. The Kier molecular flexibility index (Phi) is 2.47. The topological polar surface area (TPSA) is 3.24 Å². The number of hydrogen-bond donors (Lipinski definition) is 0. The van der Waals surface area contributed by atoms with Crippen LogP contribution in [0.15, 0.2) is 22.7 Å². The molecule has 1 aliphatic heterocycles. The van der Waals surface area contributed by atoms with Crippen molar-refractivity contribution in [3.05, 3.63) is 28.2 Å². The third kappa shape index (κ3) is 1.92. The molecule has 1 aromatic rings. The van der Waals surface area contributed by atoms with E-state index in [4.69, 9.17) is 0 Å². The molecular formula is C13H16BrN. The molecule has 1 saturated carbocycles. The van der Waals surface area contributed by atoms with Crippen LogP contribution in [-0.2, 0) is 0 Å². The van der Waals surface area contributed by atoms with Gasteiger partial charge in [-0.2, -0.15) is 0 Å². The van der Waals surface area contributed by atoms with Crippen molar-refractivity contribution < 1.29 is 0 Å². The van der Waals surface area contributed by atoms with E-state index >= 15 is 0 Å². The molecule has 2 heteroatoms. The van der Waals surface area contributed by atoms with Crippen molar-refractivity contribution in [1.82, 2.24) is 0 Å². The molecule has 1 nitrogen and oxygen atoms in total. The zero-order chi connectivity index (χ0) is 10.3. The van der Waals surface area contributed by atoms with E-state index in [2.05, 4.69) is 39.0 Å². The van der Waals surface area contributed by atoms with Gasteiger partial charge < -0.3 is 4.90 Å². The maximum Gasteiger partial charge on any atom is 0.0369 e. The highest BCUT2D eigenvalue weighted by molar-refractivity contribution is 9.10. The van der Waals surface area contributed by atoms with Gasteiger partial charge in [0, 0.05) is 23.2 Å². The monoisotopic (exact) mass is 265 g/mol. The van der Waals surface area contributed by atoms with E-state index < -0.39 is 0 Å². The second-order valence-electron chi connectivity index (χ2n) is 4.67. The van der Waals surface area contributed by atoms with Crippen molar-refractivity contribution in [3.63, 3.8) is 0 Å². The molecule has 0 radical (unpaired) electrons. The molecular weight excluding hydrogens is 250 g/mol. The summed E-state index contributed by atoms with van der Waals surface area (Å²) < 4.78 is 1.30. The average molecular weight is 266 g/mol. The van der Waals surface area contributed by atoms with Gasteiger partial charge in [0.25, 0.3) is 0 Å². The zero-order valence-electron chi connectivity index (χ0n) is 8.88. The first kappa shape index (κ1) is 9.71. The molecule has 0 unspecified atom stereocenters. The van der Waals surface area contributed by atoms with E-state index in [1.807, 2.05) is 0 Å². The standard InChI is InChI=1S/C13H16BrN/c14-13-6-5-11(15-7-1-2-8-15)9-12(13)10-3-4-10/h5-6,9-10H,1-4,7-8H2. The molecule has 0 bridgehead atoms. The normalized spacial score (nSPS) is 21.0. The SMILES string of the molecule is Brc1ccc(N2CCCC2)cc1C1CC1. The fourth-order valence-corrected chi connectivity index (χ4v) is 2.98. The van der Waals surface area contributed by atoms with Gasteiger partial charge in [-0.15, -0.1) is 0 Å². The molecule has 0 atom stereocenters. The fraction of sp³-hybridized carbons (Fsp3) is 0.538. The van der Waals surface area contributed by atoms with Gasteiger partial charge in [-0.25, -0.2) is 0 Å². The largest absolute Gasteiger partial charge is 0.372 e. The van der Waals surface area contributed by atoms with Crippen LogP contribution in [-0.4, -0.2) is 13.1 Å². The average Bonchev–Trinajstić information content (AvgIpc) is 2.94. The number of hydrogen-bond acceptors (Lipinski definition) is 1. The lowest BCUT2D eigenvalue weighted by atomic mass is 10.1. The number of nitrogens with zero attached hydrogens (tertiary/aromatic N) is 1. The highest BCUT2D eigenvalue weighted by atomic mass is 79.9. The van der Waals surface area contributed by atoms with Crippen molar-refractivity contribution in [2.24, 2.45) is 0 Å². The number of anilines is 1. The van der Waals surface area contributed by atoms with Crippen molar-refractivity contribution in [1.29, 1.82) is 0 Å². The summed E-state index contributed by atoms with van der Waals surface area (Å²) in [6, 6.07) is 6.87. The first-order valence-electron chi connectivity index (χ1n) is 5.89. The molecule has 80 valence electrons. The highest BCUT2D eigenvalue weighted by Gasteiger charge is 2.26. The number of rotatable bonds is 2. The van der Waals surface area contributed by atoms with Crippen LogP contribution in [0.4, 0.5) is 5.69 Å². The van der Waals surface area contributed by atoms with Crippen molar-refractivity contribution in [2.75, 3.05) is 18.0 Å². The molecule has 2 fully saturated rings. The van der Waals surface area contributed by atoms with Crippen molar-refractivity contribution in [2.45, 2.75) is 31.6 Å². The van der Waals surface area contributed by atoms with Crippen molar-refractivity contribution in [3.8, 4) is 0 Å². The lowest BCUT2D eigenvalue weighted by molar-refractivity contribution is 0.949.